The van der Waals surface area contributed by atoms with E-state index in [-0.39, 0.29) is 16.9 Å². The zero-order chi connectivity index (χ0) is 20.9. The molecule has 8 nitrogen and oxygen atoms in total. The van der Waals surface area contributed by atoms with Gasteiger partial charge in [0.05, 0.1) is 5.39 Å². The van der Waals surface area contributed by atoms with Crippen molar-refractivity contribution in [3.05, 3.63) is 54.0 Å². The summed E-state index contributed by atoms with van der Waals surface area (Å²) in [5, 5.41) is 32.9. The molecule has 0 aliphatic carbocycles. The Hall–Kier alpha value is -2.66. The predicted molar refractivity (Wildman–Crippen MR) is 98.8 cm³/mol. The van der Waals surface area contributed by atoms with Crippen LogP contribution in [0.1, 0.15) is 36.8 Å². The van der Waals surface area contributed by atoms with Gasteiger partial charge in [-0.15, -0.1) is 0 Å². The summed E-state index contributed by atoms with van der Waals surface area (Å²) >= 11 is 0. The van der Waals surface area contributed by atoms with Crippen LogP contribution in [0.2, 0.25) is 0 Å². The number of nitrogens with two attached hydrogens (primary N) is 1. The molecule has 29 heavy (non-hydrogen) atoms. The number of nitrogen functional groups attached to an aromatic ring is 1. The number of hydrogen-bond donors (Lipinski definition) is 4. The third-order valence-corrected chi connectivity index (χ3v) is 5.34. The molecule has 1 aliphatic heterocycles. The lowest BCUT2D eigenvalue weighted by Gasteiger charge is -2.29. The molecule has 4 rings (SSSR count). The molecule has 154 valence electrons. The first-order valence-electron chi connectivity index (χ1n) is 8.90. The highest BCUT2D eigenvalue weighted by Crippen LogP contribution is 2.43. The Morgan fingerprint density at radius 3 is 2.69 bits per heavy atom. The number of alkyl halides is 2. The van der Waals surface area contributed by atoms with E-state index < -0.39 is 36.6 Å². The van der Waals surface area contributed by atoms with Crippen LogP contribution in [-0.4, -0.2) is 47.7 Å². The van der Waals surface area contributed by atoms with Crippen molar-refractivity contribution in [1.82, 2.24) is 14.5 Å². The standard InChI is InChI=1S/C19H20F2N4O4/c1-19(28)13(27)18(25-6-5-11-16(22)23-8-24-17(11)25)29-14(19)12(26)9-3-2-4-10(7-9)15(20)21/h2-8,12-15,18,26-28H,1H3,(H2,22,23,24)/t12?,13-,14+,18+,19-/m0/s1. The highest BCUT2D eigenvalue weighted by Gasteiger charge is 2.55. The number of ether oxygens (including phenoxy) is 1. The van der Waals surface area contributed by atoms with Crippen LogP contribution in [0.15, 0.2) is 42.9 Å². The van der Waals surface area contributed by atoms with Gasteiger partial charge in [-0.3, -0.25) is 0 Å². The Labute approximate surface area is 164 Å². The summed E-state index contributed by atoms with van der Waals surface area (Å²) in [6.45, 7) is 1.32. The number of benzene rings is 1. The lowest BCUT2D eigenvalue weighted by atomic mass is 9.88. The second-order valence-electron chi connectivity index (χ2n) is 7.25. The first kappa shape index (κ1) is 19.6. The number of anilines is 1. The van der Waals surface area contributed by atoms with Gasteiger partial charge in [0, 0.05) is 11.8 Å². The molecule has 5 atom stereocenters. The van der Waals surface area contributed by atoms with Crippen molar-refractivity contribution in [3.8, 4) is 0 Å². The van der Waals surface area contributed by atoms with Gasteiger partial charge in [0.25, 0.3) is 6.43 Å². The van der Waals surface area contributed by atoms with Crippen LogP contribution in [0.4, 0.5) is 14.6 Å². The van der Waals surface area contributed by atoms with E-state index in [2.05, 4.69) is 9.97 Å². The van der Waals surface area contributed by atoms with Crippen molar-refractivity contribution in [2.75, 3.05) is 5.73 Å². The van der Waals surface area contributed by atoms with Crippen molar-refractivity contribution in [3.63, 3.8) is 0 Å². The Morgan fingerprint density at radius 2 is 1.97 bits per heavy atom. The molecule has 3 aromatic rings. The second-order valence-corrected chi connectivity index (χ2v) is 7.25. The Bertz CT molecular complexity index is 1040. The number of nitrogens with zero attached hydrogens (tertiary/aromatic N) is 3. The molecule has 2 aromatic heterocycles. The molecule has 10 heteroatoms. The molecular formula is C19H20F2N4O4. The number of aliphatic hydroxyl groups is 3. The molecule has 3 heterocycles. The quantitative estimate of drug-likeness (QED) is 0.519. The smallest absolute Gasteiger partial charge is 0.263 e. The van der Waals surface area contributed by atoms with Crippen LogP contribution in [-0.2, 0) is 4.74 Å². The maximum Gasteiger partial charge on any atom is 0.263 e. The Balaban J connectivity index is 1.69. The van der Waals surface area contributed by atoms with Gasteiger partial charge in [0.15, 0.2) is 6.23 Å². The molecule has 0 amide bonds. The zero-order valence-electron chi connectivity index (χ0n) is 15.4. The third-order valence-electron chi connectivity index (χ3n) is 5.34. The highest BCUT2D eigenvalue weighted by atomic mass is 19.3. The van der Waals surface area contributed by atoms with E-state index in [0.29, 0.717) is 11.0 Å². The number of rotatable bonds is 4. The summed E-state index contributed by atoms with van der Waals surface area (Å²) in [6, 6.07) is 6.87. The maximum atomic E-state index is 13.0. The van der Waals surface area contributed by atoms with Crippen molar-refractivity contribution in [2.45, 2.75) is 43.5 Å². The van der Waals surface area contributed by atoms with Crippen molar-refractivity contribution < 1.29 is 28.8 Å². The molecule has 1 aliphatic rings. The van der Waals surface area contributed by atoms with Gasteiger partial charge in [-0.05, 0) is 24.6 Å². The fourth-order valence-electron chi connectivity index (χ4n) is 3.68. The van der Waals surface area contributed by atoms with Gasteiger partial charge < -0.3 is 30.4 Å². The number of fused-ring (bicyclic) bond motifs is 1. The summed E-state index contributed by atoms with van der Waals surface area (Å²) in [5.74, 6) is 0.244. The molecule has 0 saturated carbocycles. The lowest BCUT2D eigenvalue weighted by molar-refractivity contribution is -0.115. The van der Waals surface area contributed by atoms with E-state index in [1.807, 2.05) is 0 Å². The first-order chi connectivity index (χ1) is 13.7. The van der Waals surface area contributed by atoms with Gasteiger partial charge in [-0.1, -0.05) is 18.2 Å². The van der Waals surface area contributed by atoms with E-state index in [4.69, 9.17) is 10.5 Å². The van der Waals surface area contributed by atoms with Crippen LogP contribution in [0.25, 0.3) is 11.0 Å². The van der Waals surface area contributed by atoms with E-state index in [1.165, 1.54) is 36.0 Å². The number of aliphatic hydroxyl groups excluding tert-OH is 2. The van der Waals surface area contributed by atoms with Crippen LogP contribution in [0.5, 0.6) is 0 Å². The van der Waals surface area contributed by atoms with Crippen molar-refractivity contribution >= 4 is 16.9 Å². The van der Waals surface area contributed by atoms with Crippen molar-refractivity contribution in [1.29, 1.82) is 0 Å². The average molecular weight is 406 g/mol. The second kappa shape index (κ2) is 6.99. The molecule has 5 N–H and O–H groups in total. The average Bonchev–Trinajstić information content (AvgIpc) is 3.22. The normalized spacial score (nSPS) is 28.3. The van der Waals surface area contributed by atoms with Gasteiger partial charge in [-0.2, -0.15) is 0 Å². The van der Waals surface area contributed by atoms with Crippen LogP contribution in [0.3, 0.4) is 0 Å². The van der Waals surface area contributed by atoms with Gasteiger partial charge in [0.2, 0.25) is 0 Å². The van der Waals surface area contributed by atoms with Crippen LogP contribution in [0, 0.1) is 0 Å². The van der Waals surface area contributed by atoms with Crippen LogP contribution < -0.4 is 5.73 Å². The molecular weight excluding hydrogens is 386 g/mol. The van der Waals surface area contributed by atoms with E-state index in [0.717, 1.165) is 6.07 Å². The molecule has 0 radical (unpaired) electrons. The summed E-state index contributed by atoms with van der Waals surface area (Å²) in [5.41, 5.74) is 4.21. The van der Waals surface area contributed by atoms with E-state index in [1.54, 1.807) is 12.3 Å². The topological polar surface area (TPSA) is 127 Å². The Morgan fingerprint density at radius 1 is 1.24 bits per heavy atom. The molecule has 1 fully saturated rings. The summed E-state index contributed by atoms with van der Waals surface area (Å²) < 4.78 is 33.3. The fraction of sp³-hybridized carbons (Fsp3) is 0.368. The number of hydrogen-bond acceptors (Lipinski definition) is 7. The molecule has 0 bridgehead atoms. The summed E-state index contributed by atoms with van der Waals surface area (Å²) in [7, 11) is 0. The fourth-order valence-corrected chi connectivity index (χ4v) is 3.68. The lowest BCUT2D eigenvalue weighted by Crippen LogP contribution is -2.47. The monoisotopic (exact) mass is 406 g/mol. The van der Waals surface area contributed by atoms with Crippen molar-refractivity contribution in [2.24, 2.45) is 0 Å². The minimum Gasteiger partial charge on any atom is -0.386 e. The third kappa shape index (κ3) is 3.14. The minimum absolute atomic E-state index is 0.143. The Kier molecular flexibility index (Phi) is 4.74. The number of halogens is 2. The minimum atomic E-state index is -2.71. The highest BCUT2D eigenvalue weighted by molar-refractivity contribution is 5.86. The first-order valence-corrected chi connectivity index (χ1v) is 8.90. The molecule has 1 unspecified atom stereocenters. The molecule has 0 spiro atoms. The largest absolute Gasteiger partial charge is 0.386 e. The molecule has 1 saturated heterocycles. The van der Waals surface area contributed by atoms with E-state index in [9.17, 15) is 24.1 Å². The van der Waals surface area contributed by atoms with Gasteiger partial charge in [-0.25, -0.2) is 18.7 Å². The van der Waals surface area contributed by atoms with Gasteiger partial charge >= 0.3 is 0 Å². The number of aromatic nitrogens is 3. The summed E-state index contributed by atoms with van der Waals surface area (Å²) in [4.78, 5) is 8.04. The van der Waals surface area contributed by atoms with E-state index >= 15 is 0 Å². The SMILES string of the molecule is C[C@@]1(O)[C@@H](C(O)c2cccc(C(F)F)c2)O[C@@H](n2ccc3c(N)ncnc32)[C@@H]1O. The van der Waals surface area contributed by atoms with Gasteiger partial charge in [0.1, 0.15) is 41.7 Å². The molecule has 1 aromatic carbocycles. The maximum absolute atomic E-state index is 13.0. The zero-order valence-corrected chi connectivity index (χ0v) is 15.4. The van der Waals surface area contributed by atoms with Crippen LogP contribution >= 0.6 is 0 Å². The summed E-state index contributed by atoms with van der Waals surface area (Å²) in [6.07, 6.45) is -5.14. The predicted octanol–water partition coefficient (Wildman–Crippen LogP) is 1.69.